The lowest BCUT2D eigenvalue weighted by Crippen LogP contribution is -2.21. The van der Waals surface area contributed by atoms with Crippen LogP contribution >= 0.6 is 0 Å². The summed E-state index contributed by atoms with van der Waals surface area (Å²) in [6.07, 6.45) is 6.52. The van der Waals surface area contributed by atoms with Gasteiger partial charge in [-0.05, 0) is 48.9 Å². The molecule has 3 N–H and O–H groups in total. The molecule has 0 bridgehead atoms. The van der Waals surface area contributed by atoms with Gasteiger partial charge in [0.05, 0.1) is 29.9 Å². The molecule has 0 aliphatic carbocycles. The van der Waals surface area contributed by atoms with Crippen LogP contribution in [0.25, 0.3) is 16.5 Å². The molecule has 3 aromatic heterocycles. The molecule has 0 spiro atoms. The number of rotatable bonds is 10. The zero-order valence-corrected chi connectivity index (χ0v) is 27.0. The Kier molecular flexibility index (Phi) is 9.15. The fourth-order valence-corrected chi connectivity index (χ4v) is 4.99. The average molecular weight is 647 g/mol. The number of pyridine rings is 1. The molecule has 6 aromatic rings. The van der Waals surface area contributed by atoms with E-state index in [0.717, 1.165) is 22.0 Å². The molecule has 48 heavy (non-hydrogen) atoms. The first-order chi connectivity index (χ1) is 23.2. The molecule has 0 fully saturated rings. The quantitative estimate of drug-likeness (QED) is 0.137. The van der Waals surface area contributed by atoms with Crippen molar-refractivity contribution in [2.75, 3.05) is 22.6 Å². The predicted molar refractivity (Wildman–Crippen MR) is 184 cm³/mol. The number of halogens is 1. The van der Waals surface area contributed by atoms with Gasteiger partial charge in [0.15, 0.2) is 11.6 Å². The van der Waals surface area contributed by atoms with Crippen LogP contribution in [0.15, 0.2) is 97.6 Å². The first-order valence-corrected chi connectivity index (χ1v) is 15.4. The summed E-state index contributed by atoms with van der Waals surface area (Å²) in [6, 6.07) is 20.9. The monoisotopic (exact) mass is 646 g/mol. The van der Waals surface area contributed by atoms with Gasteiger partial charge in [-0.25, -0.2) is 23.8 Å². The third-order valence-corrected chi connectivity index (χ3v) is 7.35. The summed E-state index contributed by atoms with van der Waals surface area (Å²) in [5.41, 5.74) is 2.34. The van der Waals surface area contributed by atoms with E-state index in [4.69, 9.17) is 14.6 Å². The van der Waals surface area contributed by atoms with Crippen LogP contribution in [0.3, 0.4) is 0 Å². The van der Waals surface area contributed by atoms with Crippen LogP contribution in [0.1, 0.15) is 39.0 Å². The molecule has 0 unspecified atom stereocenters. The molecule has 11 nitrogen and oxygen atoms in total. The highest BCUT2D eigenvalue weighted by Crippen LogP contribution is 2.33. The highest BCUT2D eigenvalue weighted by Gasteiger charge is 2.22. The second-order valence-corrected chi connectivity index (χ2v) is 11.9. The Morgan fingerprint density at radius 2 is 1.65 bits per heavy atom. The van der Waals surface area contributed by atoms with Gasteiger partial charge in [-0.15, -0.1) is 0 Å². The van der Waals surface area contributed by atoms with Gasteiger partial charge in [0, 0.05) is 46.9 Å². The van der Waals surface area contributed by atoms with Crippen LogP contribution in [0, 0.1) is 5.82 Å². The van der Waals surface area contributed by atoms with Crippen molar-refractivity contribution < 1.29 is 18.7 Å². The van der Waals surface area contributed by atoms with Crippen LogP contribution in [-0.4, -0.2) is 37.4 Å². The van der Waals surface area contributed by atoms with Crippen molar-refractivity contribution in [2.45, 2.75) is 39.7 Å². The zero-order valence-electron chi connectivity index (χ0n) is 27.0. The molecule has 0 radical (unpaired) electrons. The predicted octanol–water partition coefficient (Wildman–Crippen LogP) is 8.01. The van der Waals surface area contributed by atoms with Crippen molar-refractivity contribution in [1.82, 2.24) is 24.7 Å². The van der Waals surface area contributed by atoms with Gasteiger partial charge in [-0.1, -0.05) is 45.0 Å². The summed E-state index contributed by atoms with van der Waals surface area (Å²) in [5, 5.41) is 15.3. The maximum atomic E-state index is 14.8. The summed E-state index contributed by atoms with van der Waals surface area (Å²) in [6.45, 7) is 8.48. The number of hydrogen-bond acceptors (Lipinski definition) is 8. The lowest BCUT2D eigenvalue weighted by Gasteiger charge is -2.15. The summed E-state index contributed by atoms with van der Waals surface area (Å²) in [5.74, 6) is 1.88. The van der Waals surface area contributed by atoms with E-state index in [1.807, 2.05) is 63.2 Å². The number of ether oxygens (including phenoxy) is 2. The third kappa shape index (κ3) is 7.33. The lowest BCUT2D eigenvalue weighted by atomic mass is 9.92. The Morgan fingerprint density at radius 3 is 2.40 bits per heavy atom. The van der Waals surface area contributed by atoms with Crippen molar-refractivity contribution in [3.63, 3.8) is 0 Å². The third-order valence-electron chi connectivity index (χ3n) is 7.35. The molecule has 0 aliphatic rings. The van der Waals surface area contributed by atoms with Gasteiger partial charge in [0.25, 0.3) is 0 Å². The molecule has 244 valence electrons. The van der Waals surface area contributed by atoms with Crippen molar-refractivity contribution in [2.24, 2.45) is 0 Å². The van der Waals surface area contributed by atoms with E-state index in [1.54, 1.807) is 56.0 Å². The molecular weight excluding hydrogens is 611 g/mol. The van der Waals surface area contributed by atoms with Gasteiger partial charge in [0.1, 0.15) is 29.8 Å². The van der Waals surface area contributed by atoms with Crippen molar-refractivity contribution >= 4 is 39.9 Å². The number of anilines is 4. The van der Waals surface area contributed by atoms with Crippen LogP contribution in [0.5, 0.6) is 11.5 Å². The van der Waals surface area contributed by atoms with Crippen molar-refractivity contribution in [1.29, 1.82) is 0 Å². The number of nitrogens with one attached hydrogen (secondary N) is 3. The largest absolute Gasteiger partial charge is 0.491 e. The maximum Gasteiger partial charge on any atom is 0.324 e. The Morgan fingerprint density at radius 1 is 0.854 bits per heavy atom. The average Bonchev–Trinajstić information content (AvgIpc) is 3.50. The number of amides is 2. The molecule has 6 rings (SSSR count). The van der Waals surface area contributed by atoms with Gasteiger partial charge in [-0.2, -0.15) is 5.10 Å². The van der Waals surface area contributed by atoms with E-state index < -0.39 is 11.8 Å². The molecule has 0 saturated heterocycles. The van der Waals surface area contributed by atoms with Crippen LogP contribution < -0.4 is 25.4 Å². The standard InChI is InChI=1S/C36H35FN8O3/c1-5-47-30-12-10-24(19-27(30)37)45-34(20-31(44-45)36(2,3)4)43-35(46)41-28-11-13-29(26-9-7-6-8-25(26)28)48-22-23-14-15-39-32(18-23)42-33-21-38-16-17-40-33/h6-21H,5,22H2,1-4H3,(H,39,40,42)(H2,41,43,46). The highest BCUT2D eigenvalue weighted by molar-refractivity contribution is 6.07. The number of nitrogens with zero attached hydrogens (tertiary/aromatic N) is 5. The lowest BCUT2D eigenvalue weighted by molar-refractivity contribution is 0.262. The van der Waals surface area contributed by atoms with Crippen molar-refractivity contribution in [3.05, 3.63) is 115 Å². The maximum absolute atomic E-state index is 14.8. The highest BCUT2D eigenvalue weighted by atomic mass is 19.1. The molecule has 3 aromatic carbocycles. The molecule has 0 atom stereocenters. The molecule has 2 amide bonds. The second-order valence-electron chi connectivity index (χ2n) is 11.9. The topological polar surface area (TPSA) is 128 Å². The number of urea groups is 1. The number of fused-ring (bicyclic) bond motifs is 1. The fourth-order valence-electron chi connectivity index (χ4n) is 4.99. The smallest absolute Gasteiger partial charge is 0.324 e. The number of benzene rings is 3. The Balaban J connectivity index is 1.20. The molecule has 12 heteroatoms. The van der Waals surface area contributed by atoms with Gasteiger partial charge in [-0.3, -0.25) is 10.3 Å². The number of hydrogen-bond donors (Lipinski definition) is 3. The fraction of sp³-hybridized carbons (Fsp3) is 0.194. The van der Waals surface area contributed by atoms with E-state index in [-0.39, 0.29) is 11.2 Å². The van der Waals surface area contributed by atoms with E-state index in [9.17, 15) is 9.18 Å². The minimum atomic E-state index is -0.519. The van der Waals surface area contributed by atoms with Gasteiger partial charge >= 0.3 is 6.03 Å². The van der Waals surface area contributed by atoms with Gasteiger partial charge in [0.2, 0.25) is 0 Å². The van der Waals surface area contributed by atoms with E-state index >= 15 is 0 Å². The van der Waals surface area contributed by atoms with Crippen LogP contribution in [0.2, 0.25) is 0 Å². The minimum Gasteiger partial charge on any atom is -0.491 e. The normalized spacial score (nSPS) is 11.3. The minimum absolute atomic E-state index is 0.150. The van der Waals surface area contributed by atoms with E-state index in [1.165, 1.54) is 10.7 Å². The summed E-state index contributed by atoms with van der Waals surface area (Å²) >= 11 is 0. The summed E-state index contributed by atoms with van der Waals surface area (Å²) in [7, 11) is 0. The van der Waals surface area contributed by atoms with E-state index in [2.05, 4.69) is 30.9 Å². The summed E-state index contributed by atoms with van der Waals surface area (Å²) in [4.78, 5) is 26.1. The molecule has 0 aliphatic heterocycles. The molecule has 3 heterocycles. The van der Waals surface area contributed by atoms with Gasteiger partial charge < -0.3 is 20.1 Å². The van der Waals surface area contributed by atoms with E-state index in [0.29, 0.717) is 47.8 Å². The Bertz CT molecular complexity index is 2060. The number of carbonyl (C=O) groups excluding carboxylic acids is 1. The van der Waals surface area contributed by atoms with Crippen molar-refractivity contribution in [3.8, 4) is 17.2 Å². The Hall–Kier alpha value is -6.04. The first kappa shape index (κ1) is 31.9. The molecule has 0 saturated carbocycles. The zero-order chi connectivity index (χ0) is 33.7. The first-order valence-electron chi connectivity index (χ1n) is 15.4. The molecular formula is C36H35FN8O3. The number of carbonyl (C=O) groups is 1. The van der Waals surface area contributed by atoms with Crippen LogP contribution in [-0.2, 0) is 12.0 Å². The second kappa shape index (κ2) is 13.8. The number of aromatic nitrogens is 5. The SMILES string of the molecule is CCOc1ccc(-n2nc(C(C)(C)C)cc2NC(=O)Nc2ccc(OCc3ccnc(Nc4cnccn4)c3)c3ccccc23)cc1F. The van der Waals surface area contributed by atoms with Crippen LogP contribution in [0.4, 0.5) is 32.3 Å². The summed E-state index contributed by atoms with van der Waals surface area (Å²) < 4.78 is 27.9. The Labute approximate surface area is 277 Å².